The third kappa shape index (κ3) is 7.06. The summed E-state index contributed by atoms with van der Waals surface area (Å²) in [5.41, 5.74) is 0. The highest BCUT2D eigenvalue weighted by atomic mass is 32.2. The topological polar surface area (TPSA) is 76.0 Å². The van der Waals surface area contributed by atoms with Crippen LogP contribution in [0.4, 0.5) is 4.79 Å². The third-order valence-electron chi connectivity index (χ3n) is 2.82. The molecule has 7 heteroatoms. The molecule has 0 heterocycles. The van der Waals surface area contributed by atoms with Gasteiger partial charge in [-0.25, -0.2) is 4.79 Å². The Morgan fingerprint density at radius 1 is 0.750 bits per heavy atom. The number of hydrogen-bond donors (Lipinski definition) is 2. The zero-order valence-corrected chi connectivity index (χ0v) is 14.5. The number of phenolic OH excluding ortho intramolecular Hbond substituents is 2. The summed E-state index contributed by atoms with van der Waals surface area (Å²) in [7, 11) is 0. The summed E-state index contributed by atoms with van der Waals surface area (Å²) in [5.74, 6) is 1.68. The third-order valence-corrected chi connectivity index (χ3v) is 4.77. The van der Waals surface area contributed by atoms with Gasteiger partial charge in [0.25, 0.3) is 0 Å². The van der Waals surface area contributed by atoms with Gasteiger partial charge in [0, 0.05) is 21.3 Å². The van der Waals surface area contributed by atoms with E-state index < -0.39 is 6.16 Å². The van der Waals surface area contributed by atoms with Crippen LogP contribution >= 0.6 is 23.5 Å². The van der Waals surface area contributed by atoms with Crippen LogP contribution in [0.15, 0.2) is 58.3 Å². The predicted octanol–water partition coefficient (Wildman–Crippen LogP) is 4.14. The van der Waals surface area contributed by atoms with Crippen LogP contribution in [-0.2, 0) is 9.47 Å². The quantitative estimate of drug-likeness (QED) is 0.413. The molecule has 0 atom stereocenters. The number of carbonyl (C=O) groups is 1. The van der Waals surface area contributed by atoms with Crippen LogP contribution in [0.25, 0.3) is 0 Å². The van der Waals surface area contributed by atoms with Crippen LogP contribution < -0.4 is 0 Å². The maximum absolute atomic E-state index is 11.4. The molecule has 0 aromatic heterocycles. The van der Waals surface area contributed by atoms with Crippen molar-refractivity contribution in [2.24, 2.45) is 0 Å². The normalized spacial score (nSPS) is 10.3. The van der Waals surface area contributed by atoms with E-state index in [-0.39, 0.29) is 24.7 Å². The van der Waals surface area contributed by atoms with Crippen molar-refractivity contribution in [3.05, 3.63) is 48.5 Å². The van der Waals surface area contributed by atoms with Gasteiger partial charge in [-0.2, -0.15) is 0 Å². The molecule has 0 saturated heterocycles. The molecule has 0 unspecified atom stereocenters. The minimum atomic E-state index is -0.674. The van der Waals surface area contributed by atoms with E-state index in [1.807, 2.05) is 0 Å². The average molecular weight is 366 g/mol. The molecule has 0 saturated carbocycles. The number of phenols is 2. The van der Waals surface area contributed by atoms with E-state index in [0.29, 0.717) is 11.5 Å². The van der Waals surface area contributed by atoms with Crippen molar-refractivity contribution in [1.82, 2.24) is 0 Å². The summed E-state index contributed by atoms with van der Waals surface area (Å²) in [4.78, 5) is 13.4. The van der Waals surface area contributed by atoms with Gasteiger partial charge in [0.05, 0.1) is 0 Å². The van der Waals surface area contributed by atoms with Gasteiger partial charge in [-0.05, 0) is 48.5 Å². The first-order chi connectivity index (χ1) is 11.6. The van der Waals surface area contributed by atoms with Crippen LogP contribution in [0.3, 0.4) is 0 Å². The predicted molar refractivity (Wildman–Crippen MR) is 95.0 cm³/mol. The molecule has 2 N–H and O–H groups in total. The lowest BCUT2D eigenvalue weighted by Crippen LogP contribution is -2.11. The Bertz CT molecular complexity index is 573. The van der Waals surface area contributed by atoms with E-state index in [0.717, 1.165) is 9.79 Å². The van der Waals surface area contributed by atoms with Gasteiger partial charge in [-0.15, -0.1) is 23.5 Å². The minimum Gasteiger partial charge on any atom is -0.508 e. The standard InChI is InChI=1S/C17H18O5S2/c18-13-1-5-15(6-2-13)23-11-9-21-17(20)22-10-12-24-16-7-3-14(19)4-8-16/h1-8,18-19H,9-12H2. The van der Waals surface area contributed by atoms with Crippen molar-refractivity contribution in [2.45, 2.75) is 9.79 Å². The first-order valence-corrected chi connectivity index (χ1v) is 9.24. The molecule has 2 aromatic rings. The smallest absolute Gasteiger partial charge is 0.508 e. The summed E-state index contributed by atoms with van der Waals surface area (Å²) < 4.78 is 9.96. The summed E-state index contributed by atoms with van der Waals surface area (Å²) in [5, 5.41) is 18.4. The molecule has 0 spiro atoms. The first kappa shape index (κ1) is 18.4. The Morgan fingerprint density at radius 2 is 1.12 bits per heavy atom. The zero-order chi connectivity index (χ0) is 17.2. The highest BCUT2D eigenvalue weighted by Gasteiger charge is 2.04. The molecule has 2 aromatic carbocycles. The number of aromatic hydroxyl groups is 2. The van der Waals surface area contributed by atoms with Crippen molar-refractivity contribution in [3.8, 4) is 11.5 Å². The fraction of sp³-hybridized carbons (Fsp3) is 0.235. The molecule has 128 valence electrons. The Kier molecular flexibility index (Phi) is 7.64. The van der Waals surface area contributed by atoms with Gasteiger partial charge in [0.1, 0.15) is 24.7 Å². The summed E-state index contributed by atoms with van der Waals surface area (Å²) in [6.07, 6.45) is -0.674. The zero-order valence-electron chi connectivity index (χ0n) is 12.9. The average Bonchev–Trinajstić information content (AvgIpc) is 2.59. The molecular formula is C17H18O5S2. The molecule has 24 heavy (non-hydrogen) atoms. The largest absolute Gasteiger partial charge is 0.508 e. The molecule has 0 aliphatic rings. The van der Waals surface area contributed by atoms with E-state index in [1.54, 1.807) is 48.5 Å². The highest BCUT2D eigenvalue weighted by Crippen LogP contribution is 2.21. The van der Waals surface area contributed by atoms with E-state index in [1.165, 1.54) is 23.5 Å². The van der Waals surface area contributed by atoms with Crippen LogP contribution in [0.5, 0.6) is 11.5 Å². The van der Waals surface area contributed by atoms with Crippen LogP contribution in [-0.4, -0.2) is 41.1 Å². The van der Waals surface area contributed by atoms with Gasteiger partial charge in [-0.1, -0.05) is 0 Å². The van der Waals surface area contributed by atoms with Crippen molar-refractivity contribution < 1.29 is 24.5 Å². The summed E-state index contributed by atoms with van der Waals surface area (Å²) >= 11 is 3.06. The maximum atomic E-state index is 11.4. The van der Waals surface area contributed by atoms with Crippen LogP contribution in [0.2, 0.25) is 0 Å². The summed E-state index contributed by atoms with van der Waals surface area (Å²) in [6, 6.07) is 13.7. The molecular weight excluding hydrogens is 348 g/mol. The second kappa shape index (κ2) is 10.00. The van der Waals surface area contributed by atoms with Crippen LogP contribution in [0.1, 0.15) is 0 Å². The lowest BCUT2D eigenvalue weighted by molar-refractivity contribution is 0.0645. The van der Waals surface area contributed by atoms with Gasteiger partial charge in [0.2, 0.25) is 0 Å². The van der Waals surface area contributed by atoms with Gasteiger partial charge in [0.15, 0.2) is 0 Å². The molecule has 2 rings (SSSR count). The van der Waals surface area contributed by atoms with Crippen molar-refractivity contribution in [3.63, 3.8) is 0 Å². The molecule has 0 radical (unpaired) electrons. The molecule has 0 amide bonds. The molecule has 0 fully saturated rings. The van der Waals surface area contributed by atoms with Gasteiger partial charge in [-0.3, -0.25) is 0 Å². The lowest BCUT2D eigenvalue weighted by atomic mass is 10.3. The number of benzene rings is 2. The van der Waals surface area contributed by atoms with E-state index in [4.69, 9.17) is 9.47 Å². The monoisotopic (exact) mass is 366 g/mol. The molecule has 5 nitrogen and oxygen atoms in total. The summed E-state index contributed by atoms with van der Waals surface area (Å²) in [6.45, 7) is 0.519. The minimum absolute atomic E-state index is 0.226. The maximum Gasteiger partial charge on any atom is 0.508 e. The fourth-order valence-corrected chi connectivity index (χ4v) is 3.16. The van der Waals surface area contributed by atoms with Gasteiger partial charge >= 0.3 is 6.16 Å². The SMILES string of the molecule is O=C(OCCSc1ccc(O)cc1)OCCSc1ccc(O)cc1. The van der Waals surface area contributed by atoms with Crippen molar-refractivity contribution in [2.75, 3.05) is 24.7 Å². The second-order valence-electron chi connectivity index (χ2n) is 4.63. The van der Waals surface area contributed by atoms with Gasteiger partial charge < -0.3 is 19.7 Å². The molecule has 0 aliphatic carbocycles. The number of hydrogen-bond acceptors (Lipinski definition) is 7. The van der Waals surface area contributed by atoms with E-state index >= 15 is 0 Å². The highest BCUT2D eigenvalue weighted by molar-refractivity contribution is 7.99. The number of rotatable bonds is 8. The molecule has 0 bridgehead atoms. The Labute approximate surface area is 149 Å². The van der Waals surface area contributed by atoms with Crippen molar-refractivity contribution >= 4 is 29.7 Å². The lowest BCUT2D eigenvalue weighted by Gasteiger charge is -2.06. The van der Waals surface area contributed by atoms with Crippen molar-refractivity contribution in [1.29, 1.82) is 0 Å². The second-order valence-corrected chi connectivity index (χ2v) is 6.97. The number of ether oxygens (including phenoxy) is 2. The number of thioether (sulfide) groups is 2. The van der Waals surface area contributed by atoms with E-state index in [2.05, 4.69) is 0 Å². The van der Waals surface area contributed by atoms with E-state index in [9.17, 15) is 15.0 Å². The molecule has 0 aliphatic heterocycles. The Morgan fingerprint density at radius 3 is 1.50 bits per heavy atom. The first-order valence-electron chi connectivity index (χ1n) is 7.27. The van der Waals surface area contributed by atoms with Crippen LogP contribution in [0, 0.1) is 0 Å². The Balaban J connectivity index is 1.52. The Hall–Kier alpha value is -1.99. The fourth-order valence-electron chi connectivity index (χ4n) is 1.70. The number of carbonyl (C=O) groups excluding carboxylic acids is 1.